The van der Waals surface area contributed by atoms with Crippen molar-refractivity contribution in [3.8, 4) is 0 Å². The maximum absolute atomic E-state index is 12.8. The second kappa shape index (κ2) is 8.42. The predicted octanol–water partition coefficient (Wildman–Crippen LogP) is 3.23. The Morgan fingerprint density at radius 3 is 2.32 bits per heavy atom. The Kier molecular flexibility index (Phi) is 6.28. The summed E-state index contributed by atoms with van der Waals surface area (Å²) in [6, 6.07) is 11.6. The molecule has 0 aromatic heterocycles. The van der Waals surface area contributed by atoms with E-state index in [2.05, 4.69) is 5.32 Å². The molecule has 1 amide bonds. The largest absolute Gasteiger partial charge is 0.452 e. The third kappa shape index (κ3) is 5.71. The number of hydrogen-bond donors (Lipinski definition) is 1. The van der Waals surface area contributed by atoms with Gasteiger partial charge in [-0.2, -0.15) is 0 Å². The first kappa shape index (κ1) is 18.6. The average molecular weight is 343 g/mol. The molecule has 0 radical (unpaired) electrons. The van der Waals surface area contributed by atoms with Gasteiger partial charge in [-0.3, -0.25) is 9.59 Å². The lowest BCUT2D eigenvalue weighted by atomic mass is 10.0. The van der Waals surface area contributed by atoms with Crippen LogP contribution < -0.4 is 5.32 Å². The minimum Gasteiger partial charge on any atom is -0.452 e. The molecule has 1 atom stereocenters. The SMILES string of the molecule is Cc1ccc(CC(=O)O[C@H](C)C(=O)NCc2ccc(F)cc2)cc1C. The summed E-state index contributed by atoms with van der Waals surface area (Å²) in [6.07, 6.45) is -0.768. The molecule has 4 nitrogen and oxygen atoms in total. The van der Waals surface area contributed by atoms with Gasteiger partial charge in [0.1, 0.15) is 5.82 Å². The highest BCUT2D eigenvalue weighted by atomic mass is 19.1. The third-order valence-electron chi connectivity index (χ3n) is 3.98. The fourth-order valence-electron chi connectivity index (χ4n) is 2.31. The summed E-state index contributed by atoms with van der Waals surface area (Å²) in [4.78, 5) is 24.0. The van der Waals surface area contributed by atoms with E-state index in [1.165, 1.54) is 19.1 Å². The van der Waals surface area contributed by atoms with Crippen LogP contribution in [0.5, 0.6) is 0 Å². The number of amides is 1. The fourth-order valence-corrected chi connectivity index (χ4v) is 2.31. The molecule has 2 aromatic carbocycles. The van der Waals surface area contributed by atoms with Crippen LogP contribution >= 0.6 is 0 Å². The first-order valence-electron chi connectivity index (χ1n) is 8.13. The highest BCUT2D eigenvalue weighted by Gasteiger charge is 2.17. The van der Waals surface area contributed by atoms with Gasteiger partial charge in [-0.1, -0.05) is 30.3 Å². The molecule has 25 heavy (non-hydrogen) atoms. The van der Waals surface area contributed by atoms with Crippen molar-refractivity contribution in [3.63, 3.8) is 0 Å². The maximum Gasteiger partial charge on any atom is 0.311 e. The van der Waals surface area contributed by atoms with E-state index in [1.807, 2.05) is 32.0 Å². The molecule has 0 saturated carbocycles. The lowest BCUT2D eigenvalue weighted by molar-refractivity contribution is -0.154. The van der Waals surface area contributed by atoms with E-state index in [4.69, 9.17) is 4.74 Å². The highest BCUT2D eigenvalue weighted by molar-refractivity contribution is 5.83. The number of carbonyl (C=O) groups is 2. The van der Waals surface area contributed by atoms with Crippen molar-refractivity contribution in [1.29, 1.82) is 0 Å². The van der Waals surface area contributed by atoms with Crippen molar-refractivity contribution >= 4 is 11.9 Å². The van der Waals surface area contributed by atoms with Gasteiger partial charge in [-0.05, 0) is 55.2 Å². The number of halogens is 1. The predicted molar refractivity (Wildman–Crippen MR) is 93.4 cm³/mol. The van der Waals surface area contributed by atoms with Crippen LogP contribution in [0, 0.1) is 19.7 Å². The molecule has 0 bridgehead atoms. The number of nitrogens with one attached hydrogen (secondary N) is 1. The number of benzene rings is 2. The summed E-state index contributed by atoms with van der Waals surface area (Å²) in [6.45, 7) is 5.76. The Hall–Kier alpha value is -2.69. The average Bonchev–Trinajstić information content (AvgIpc) is 2.57. The van der Waals surface area contributed by atoms with E-state index in [9.17, 15) is 14.0 Å². The number of carbonyl (C=O) groups excluding carboxylic acids is 2. The number of ether oxygens (including phenoxy) is 1. The van der Waals surface area contributed by atoms with Crippen molar-refractivity contribution in [2.45, 2.75) is 39.8 Å². The molecule has 0 aliphatic carbocycles. The Morgan fingerprint density at radius 2 is 1.68 bits per heavy atom. The monoisotopic (exact) mass is 343 g/mol. The van der Waals surface area contributed by atoms with Crippen molar-refractivity contribution in [3.05, 3.63) is 70.5 Å². The smallest absolute Gasteiger partial charge is 0.311 e. The number of esters is 1. The number of hydrogen-bond acceptors (Lipinski definition) is 3. The molecule has 0 aliphatic heterocycles. The van der Waals surface area contributed by atoms with Crippen molar-refractivity contribution in [2.75, 3.05) is 0 Å². The molecular weight excluding hydrogens is 321 g/mol. The Balaban J connectivity index is 1.82. The zero-order chi connectivity index (χ0) is 18.4. The van der Waals surface area contributed by atoms with Gasteiger partial charge >= 0.3 is 5.97 Å². The summed E-state index contributed by atoms with van der Waals surface area (Å²) >= 11 is 0. The van der Waals surface area contributed by atoms with Gasteiger partial charge in [-0.25, -0.2) is 4.39 Å². The molecule has 0 spiro atoms. The fraction of sp³-hybridized carbons (Fsp3) is 0.300. The molecule has 0 saturated heterocycles. The van der Waals surface area contributed by atoms with E-state index in [-0.39, 0.29) is 18.8 Å². The lowest BCUT2D eigenvalue weighted by Gasteiger charge is -2.14. The van der Waals surface area contributed by atoms with Crippen LogP contribution in [0.1, 0.15) is 29.2 Å². The van der Waals surface area contributed by atoms with Gasteiger partial charge in [0.25, 0.3) is 5.91 Å². The summed E-state index contributed by atoms with van der Waals surface area (Å²) in [5.74, 6) is -1.17. The Bertz CT molecular complexity index is 756. The first-order valence-corrected chi connectivity index (χ1v) is 8.13. The molecule has 0 unspecified atom stereocenters. The standard InChI is InChI=1S/C20H22FNO3/c1-13-4-5-17(10-14(13)2)11-19(23)25-15(3)20(24)22-12-16-6-8-18(21)9-7-16/h4-10,15H,11-12H2,1-3H3,(H,22,24)/t15-/m1/s1. The summed E-state index contributed by atoms with van der Waals surface area (Å²) in [7, 11) is 0. The minimum atomic E-state index is -0.889. The van der Waals surface area contributed by atoms with Gasteiger partial charge in [-0.15, -0.1) is 0 Å². The second-order valence-electron chi connectivity index (χ2n) is 6.07. The van der Waals surface area contributed by atoms with Gasteiger partial charge in [0, 0.05) is 6.54 Å². The van der Waals surface area contributed by atoms with Crippen LogP contribution in [0.4, 0.5) is 4.39 Å². The molecule has 0 heterocycles. The lowest BCUT2D eigenvalue weighted by Crippen LogP contribution is -2.35. The molecule has 2 aromatic rings. The van der Waals surface area contributed by atoms with E-state index < -0.39 is 18.0 Å². The molecule has 1 N–H and O–H groups in total. The highest BCUT2D eigenvalue weighted by Crippen LogP contribution is 2.11. The zero-order valence-electron chi connectivity index (χ0n) is 14.6. The maximum atomic E-state index is 12.8. The molecule has 2 rings (SSSR count). The molecular formula is C20H22FNO3. The van der Waals surface area contributed by atoms with Crippen LogP contribution in [0.25, 0.3) is 0 Å². The van der Waals surface area contributed by atoms with Crippen LogP contribution in [-0.2, 0) is 27.3 Å². The van der Waals surface area contributed by atoms with Crippen LogP contribution in [-0.4, -0.2) is 18.0 Å². The van der Waals surface area contributed by atoms with E-state index in [0.717, 1.165) is 22.3 Å². The summed E-state index contributed by atoms with van der Waals surface area (Å²) < 4.78 is 18.0. The molecule has 0 fully saturated rings. The van der Waals surface area contributed by atoms with E-state index >= 15 is 0 Å². The van der Waals surface area contributed by atoms with Gasteiger partial charge in [0.05, 0.1) is 6.42 Å². The van der Waals surface area contributed by atoms with Gasteiger partial charge in [0.15, 0.2) is 6.10 Å². The minimum absolute atomic E-state index is 0.122. The first-order chi connectivity index (χ1) is 11.8. The third-order valence-corrected chi connectivity index (χ3v) is 3.98. The van der Waals surface area contributed by atoms with Crippen LogP contribution in [0.3, 0.4) is 0 Å². The summed E-state index contributed by atoms with van der Waals surface area (Å²) in [5, 5.41) is 2.67. The van der Waals surface area contributed by atoms with E-state index in [1.54, 1.807) is 12.1 Å². The zero-order valence-corrected chi connectivity index (χ0v) is 14.6. The number of rotatable bonds is 6. The van der Waals surface area contributed by atoms with Crippen molar-refractivity contribution in [1.82, 2.24) is 5.32 Å². The molecule has 5 heteroatoms. The number of aryl methyl sites for hydroxylation is 2. The molecule has 0 aliphatic rings. The topological polar surface area (TPSA) is 55.4 Å². The van der Waals surface area contributed by atoms with Crippen LogP contribution in [0.15, 0.2) is 42.5 Å². The van der Waals surface area contributed by atoms with Crippen molar-refractivity contribution in [2.24, 2.45) is 0 Å². The van der Waals surface area contributed by atoms with Gasteiger partial charge < -0.3 is 10.1 Å². The normalized spacial score (nSPS) is 11.7. The van der Waals surface area contributed by atoms with Crippen LogP contribution in [0.2, 0.25) is 0 Å². The quantitative estimate of drug-likeness (QED) is 0.819. The Morgan fingerprint density at radius 1 is 1.04 bits per heavy atom. The summed E-state index contributed by atoms with van der Waals surface area (Å²) in [5.41, 5.74) is 3.89. The van der Waals surface area contributed by atoms with Crippen molar-refractivity contribution < 1.29 is 18.7 Å². The Labute approximate surface area is 147 Å². The second-order valence-corrected chi connectivity index (χ2v) is 6.07. The van der Waals surface area contributed by atoms with Gasteiger partial charge in [0.2, 0.25) is 0 Å². The molecule has 132 valence electrons. The van der Waals surface area contributed by atoms with E-state index in [0.29, 0.717) is 0 Å².